The Kier molecular flexibility index (Phi) is 4.28. The molecule has 2 aromatic rings. The lowest BCUT2D eigenvalue weighted by molar-refractivity contribution is -0.125. The van der Waals surface area contributed by atoms with E-state index < -0.39 is 0 Å². The third-order valence-corrected chi connectivity index (χ3v) is 5.62. The molecule has 136 valence electrons. The summed E-state index contributed by atoms with van der Waals surface area (Å²) in [6.45, 7) is 2.03. The summed E-state index contributed by atoms with van der Waals surface area (Å²) in [5.41, 5.74) is 1.64. The molecule has 1 aromatic carbocycles. The van der Waals surface area contributed by atoms with Gasteiger partial charge < -0.3 is 15.2 Å². The number of carbonyl (C=O) groups is 2. The van der Waals surface area contributed by atoms with Crippen LogP contribution < -0.4 is 10.6 Å². The fourth-order valence-electron chi connectivity index (χ4n) is 4.29. The van der Waals surface area contributed by atoms with Crippen molar-refractivity contribution in [3.05, 3.63) is 48.3 Å². The van der Waals surface area contributed by atoms with E-state index in [0.717, 1.165) is 38.8 Å². The number of fused-ring (bicyclic) bond motifs is 1. The average molecular weight is 352 g/mol. The Labute approximate surface area is 153 Å². The molecule has 0 unspecified atom stereocenters. The standard InChI is InChI=1S/C20H24N4O2/c1-23-11-3-8-17(23)18(25)21-15-6-2-7-16(14-15)22-19(26)20-9-4-12-24(20)13-5-10-20/h2-3,6-8,11,14H,4-5,9-10,12-13H2,1H3,(H,21,25)(H,22,26). The van der Waals surface area contributed by atoms with Crippen LogP contribution in [0.3, 0.4) is 0 Å². The number of benzene rings is 1. The van der Waals surface area contributed by atoms with Crippen molar-refractivity contribution in [3.63, 3.8) is 0 Å². The molecule has 0 saturated carbocycles. The molecular formula is C20H24N4O2. The predicted molar refractivity (Wildman–Crippen MR) is 101 cm³/mol. The molecule has 0 spiro atoms. The molecular weight excluding hydrogens is 328 g/mol. The van der Waals surface area contributed by atoms with Gasteiger partial charge >= 0.3 is 0 Å². The van der Waals surface area contributed by atoms with Gasteiger partial charge in [-0.25, -0.2) is 0 Å². The van der Waals surface area contributed by atoms with E-state index in [2.05, 4.69) is 15.5 Å². The van der Waals surface area contributed by atoms with Gasteiger partial charge in [-0.15, -0.1) is 0 Å². The number of nitrogens with one attached hydrogen (secondary N) is 2. The van der Waals surface area contributed by atoms with Gasteiger partial charge in [0, 0.05) is 24.6 Å². The Morgan fingerprint density at radius 3 is 2.35 bits per heavy atom. The van der Waals surface area contributed by atoms with Crippen molar-refractivity contribution in [1.82, 2.24) is 9.47 Å². The van der Waals surface area contributed by atoms with Crippen LogP contribution in [-0.4, -0.2) is 39.9 Å². The fourth-order valence-corrected chi connectivity index (χ4v) is 4.29. The van der Waals surface area contributed by atoms with E-state index >= 15 is 0 Å². The largest absolute Gasteiger partial charge is 0.347 e. The molecule has 2 aliphatic heterocycles. The average Bonchev–Trinajstić information content (AvgIpc) is 3.30. The second-order valence-electron chi connectivity index (χ2n) is 7.22. The molecule has 0 radical (unpaired) electrons. The van der Waals surface area contributed by atoms with E-state index in [1.807, 2.05) is 43.6 Å². The van der Waals surface area contributed by atoms with Crippen molar-refractivity contribution in [2.24, 2.45) is 7.05 Å². The molecule has 2 fully saturated rings. The SMILES string of the molecule is Cn1cccc1C(=O)Nc1cccc(NC(=O)C23CCCN2CCC3)c1. The number of aromatic nitrogens is 1. The van der Waals surface area contributed by atoms with Crippen LogP contribution in [0.1, 0.15) is 36.2 Å². The maximum atomic E-state index is 12.9. The zero-order valence-corrected chi connectivity index (χ0v) is 15.0. The Balaban J connectivity index is 1.47. The number of nitrogens with zero attached hydrogens (tertiary/aromatic N) is 2. The van der Waals surface area contributed by atoms with Gasteiger partial charge in [-0.3, -0.25) is 14.5 Å². The first-order chi connectivity index (χ1) is 12.6. The summed E-state index contributed by atoms with van der Waals surface area (Å²) in [5, 5.41) is 5.96. The third-order valence-electron chi connectivity index (χ3n) is 5.62. The Bertz CT molecular complexity index is 832. The van der Waals surface area contributed by atoms with Crippen LogP contribution in [0.2, 0.25) is 0 Å². The van der Waals surface area contributed by atoms with Crippen molar-refractivity contribution in [2.45, 2.75) is 31.2 Å². The van der Waals surface area contributed by atoms with E-state index in [1.54, 1.807) is 10.6 Å². The van der Waals surface area contributed by atoms with Gasteiger partial charge in [-0.1, -0.05) is 6.07 Å². The normalized spacial score (nSPS) is 18.5. The highest BCUT2D eigenvalue weighted by atomic mass is 16.2. The molecule has 2 amide bonds. The van der Waals surface area contributed by atoms with Crippen molar-refractivity contribution in [1.29, 1.82) is 0 Å². The first kappa shape index (κ1) is 16.8. The highest BCUT2D eigenvalue weighted by Crippen LogP contribution is 2.39. The van der Waals surface area contributed by atoms with E-state index in [9.17, 15) is 9.59 Å². The van der Waals surface area contributed by atoms with Crippen LogP contribution in [0.5, 0.6) is 0 Å². The number of rotatable bonds is 4. The summed E-state index contributed by atoms with van der Waals surface area (Å²) < 4.78 is 1.77. The quantitative estimate of drug-likeness (QED) is 0.889. The monoisotopic (exact) mass is 352 g/mol. The summed E-state index contributed by atoms with van der Waals surface area (Å²) >= 11 is 0. The van der Waals surface area contributed by atoms with Crippen molar-refractivity contribution >= 4 is 23.2 Å². The molecule has 2 saturated heterocycles. The van der Waals surface area contributed by atoms with Crippen molar-refractivity contribution in [3.8, 4) is 0 Å². The van der Waals surface area contributed by atoms with Gasteiger partial charge in [-0.2, -0.15) is 0 Å². The molecule has 4 rings (SSSR count). The van der Waals surface area contributed by atoms with Crippen LogP contribution in [0.15, 0.2) is 42.6 Å². The second kappa shape index (κ2) is 6.61. The second-order valence-corrected chi connectivity index (χ2v) is 7.22. The molecule has 0 atom stereocenters. The van der Waals surface area contributed by atoms with Gasteiger partial charge in [0.25, 0.3) is 5.91 Å². The number of aryl methyl sites for hydroxylation is 1. The number of amides is 2. The van der Waals surface area contributed by atoms with Crippen molar-refractivity contribution in [2.75, 3.05) is 23.7 Å². The molecule has 0 bridgehead atoms. The highest BCUT2D eigenvalue weighted by molar-refractivity contribution is 6.04. The summed E-state index contributed by atoms with van der Waals surface area (Å²) in [6, 6.07) is 10.9. The minimum Gasteiger partial charge on any atom is -0.347 e. The van der Waals surface area contributed by atoms with Crippen LogP contribution in [0.4, 0.5) is 11.4 Å². The summed E-state index contributed by atoms with van der Waals surface area (Å²) in [4.78, 5) is 27.6. The minimum atomic E-state index is -0.331. The topological polar surface area (TPSA) is 66.4 Å². The molecule has 2 aliphatic rings. The first-order valence-corrected chi connectivity index (χ1v) is 9.18. The lowest BCUT2D eigenvalue weighted by atomic mass is 9.93. The number of carbonyl (C=O) groups excluding carboxylic acids is 2. The summed E-state index contributed by atoms with van der Waals surface area (Å²) in [5.74, 6) is -0.0873. The van der Waals surface area contributed by atoms with Crippen LogP contribution >= 0.6 is 0 Å². The molecule has 1 aromatic heterocycles. The Morgan fingerprint density at radius 2 is 1.69 bits per heavy atom. The maximum Gasteiger partial charge on any atom is 0.272 e. The Morgan fingerprint density at radius 1 is 1.00 bits per heavy atom. The summed E-state index contributed by atoms with van der Waals surface area (Å²) in [6.07, 6.45) is 5.87. The van der Waals surface area contributed by atoms with Gasteiger partial charge in [-0.05, 0) is 69.1 Å². The number of hydrogen-bond donors (Lipinski definition) is 2. The fraction of sp³-hybridized carbons (Fsp3) is 0.400. The van der Waals surface area contributed by atoms with Gasteiger partial charge in [0.05, 0.1) is 0 Å². The van der Waals surface area contributed by atoms with Crippen LogP contribution in [0.25, 0.3) is 0 Å². The lowest BCUT2D eigenvalue weighted by Gasteiger charge is -2.30. The molecule has 6 heteroatoms. The first-order valence-electron chi connectivity index (χ1n) is 9.18. The maximum absolute atomic E-state index is 12.9. The lowest BCUT2D eigenvalue weighted by Crippen LogP contribution is -2.48. The number of anilines is 2. The van der Waals surface area contributed by atoms with E-state index in [1.165, 1.54) is 0 Å². The van der Waals surface area contributed by atoms with Crippen LogP contribution in [0, 0.1) is 0 Å². The molecule has 6 nitrogen and oxygen atoms in total. The van der Waals surface area contributed by atoms with E-state index in [0.29, 0.717) is 17.1 Å². The van der Waals surface area contributed by atoms with E-state index in [-0.39, 0.29) is 17.4 Å². The third kappa shape index (κ3) is 2.90. The smallest absolute Gasteiger partial charge is 0.272 e. The van der Waals surface area contributed by atoms with E-state index in [4.69, 9.17) is 0 Å². The predicted octanol–water partition coefficient (Wildman–Crippen LogP) is 2.84. The van der Waals surface area contributed by atoms with Gasteiger partial charge in [0.1, 0.15) is 11.2 Å². The Hall–Kier alpha value is -2.60. The van der Waals surface area contributed by atoms with Gasteiger partial charge in [0.2, 0.25) is 5.91 Å². The summed E-state index contributed by atoms with van der Waals surface area (Å²) in [7, 11) is 1.83. The van der Waals surface area contributed by atoms with Crippen LogP contribution in [-0.2, 0) is 11.8 Å². The molecule has 26 heavy (non-hydrogen) atoms. The van der Waals surface area contributed by atoms with Crippen molar-refractivity contribution < 1.29 is 9.59 Å². The molecule has 0 aliphatic carbocycles. The molecule has 3 heterocycles. The highest BCUT2D eigenvalue weighted by Gasteiger charge is 2.49. The zero-order valence-electron chi connectivity index (χ0n) is 15.0. The number of hydrogen-bond acceptors (Lipinski definition) is 3. The van der Waals surface area contributed by atoms with Gasteiger partial charge in [0.15, 0.2) is 0 Å². The minimum absolute atomic E-state index is 0.0819. The molecule has 2 N–H and O–H groups in total. The zero-order chi connectivity index (χ0) is 18.1.